The van der Waals surface area contributed by atoms with E-state index in [1.165, 1.54) is 4.31 Å². The molecule has 8 heteroatoms. The average molecular weight is 523 g/mol. The van der Waals surface area contributed by atoms with Gasteiger partial charge in [0, 0.05) is 0 Å². The minimum Gasteiger partial charge on any atom is -0.496 e. The second kappa shape index (κ2) is 10.5. The van der Waals surface area contributed by atoms with Gasteiger partial charge in [0.25, 0.3) is 15.9 Å². The number of benzene rings is 3. The van der Waals surface area contributed by atoms with Crippen LogP contribution in [0.1, 0.15) is 55.0 Å². The van der Waals surface area contributed by atoms with Gasteiger partial charge in [-0.25, -0.2) is 8.42 Å². The first kappa shape index (κ1) is 26.5. The number of nitrogens with one attached hydrogen (secondary N) is 1. The van der Waals surface area contributed by atoms with Crippen molar-refractivity contribution in [2.75, 3.05) is 18.0 Å². The third kappa shape index (κ3) is 5.30. The smallest absolute Gasteiger partial charge is 0.264 e. The van der Waals surface area contributed by atoms with Crippen molar-refractivity contribution in [1.29, 1.82) is 0 Å². The van der Waals surface area contributed by atoms with Gasteiger partial charge in [-0.3, -0.25) is 9.10 Å². The van der Waals surface area contributed by atoms with Crippen molar-refractivity contribution in [3.05, 3.63) is 82.9 Å². The summed E-state index contributed by atoms with van der Waals surface area (Å²) in [6.07, 6.45) is -1.02. The molecule has 0 aliphatic carbocycles. The molecule has 1 N–H and O–H groups in total. The van der Waals surface area contributed by atoms with Gasteiger partial charge in [-0.15, -0.1) is 0 Å². The molecule has 2 atom stereocenters. The molecule has 0 saturated heterocycles. The van der Waals surface area contributed by atoms with Crippen molar-refractivity contribution in [2.24, 2.45) is 0 Å². The van der Waals surface area contributed by atoms with E-state index >= 15 is 0 Å². The number of fused-ring (bicyclic) bond motifs is 1. The summed E-state index contributed by atoms with van der Waals surface area (Å²) in [5, 5.41) is 3.04. The minimum atomic E-state index is -3.91. The van der Waals surface area contributed by atoms with Crippen LogP contribution in [0.3, 0.4) is 0 Å². The SMILES string of the molecule is COc1cc(C)c([C@@H](C)NC(=O)[C@@H]2CN(S(=O)(=O)c3ccccc3)c3ccc(C)cc3O2)cc1C(C)C. The lowest BCUT2D eigenvalue weighted by atomic mass is 9.93. The number of amides is 1. The van der Waals surface area contributed by atoms with Crippen LogP contribution in [0, 0.1) is 13.8 Å². The number of carbonyl (C=O) groups excluding carboxylic acids is 1. The Bertz CT molecular complexity index is 1400. The first-order valence-corrected chi connectivity index (χ1v) is 13.8. The summed E-state index contributed by atoms with van der Waals surface area (Å²) < 4.78 is 40.0. The zero-order valence-electron chi connectivity index (χ0n) is 22.1. The molecule has 1 heterocycles. The van der Waals surface area contributed by atoms with E-state index in [4.69, 9.17) is 9.47 Å². The molecule has 1 amide bonds. The molecule has 1 aliphatic heterocycles. The number of sulfonamides is 1. The fourth-order valence-corrected chi connectivity index (χ4v) is 6.14. The largest absolute Gasteiger partial charge is 0.496 e. The lowest BCUT2D eigenvalue weighted by Gasteiger charge is -2.35. The molecule has 7 nitrogen and oxygen atoms in total. The van der Waals surface area contributed by atoms with Gasteiger partial charge in [0.15, 0.2) is 6.10 Å². The highest BCUT2D eigenvalue weighted by atomic mass is 32.2. The second-order valence-electron chi connectivity index (χ2n) is 9.76. The lowest BCUT2D eigenvalue weighted by molar-refractivity contribution is -0.128. The van der Waals surface area contributed by atoms with Gasteiger partial charge in [0.2, 0.25) is 0 Å². The number of hydrogen-bond acceptors (Lipinski definition) is 5. The summed E-state index contributed by atoms with van der Waals surface area (Å²) in [7, 11) is -2.25. The highest BCUT2D eigenvalue weighted by Gasteiger charge is 2.38. The Morgan fingerprint density at radius 1 is 1.03 bits per heavy atom. The van der Waals surface area contributed by atoms with Crippen LogP contribution in [-0.4, -0.2) is 34.1 Å². The Labute approximate surface area is 219 Å². The molecule has 0 bridgehead atoms. The zero-order valence-corrected chi connectivity index (χ0v) is 22.9. The Hall–Kier alpha value is -3.52. The van der Waals surface area contributed by atoms with E-state index < -0.39 is 16.1 Å². The van der Waals surface area contributed by atoms with E-state index in [0.717, 1.165) is 28.0 Å². The van der Waals surface area contributed by atoms with Crippen LogP contribution >= 0.6 is 0 Å². The van der Waals surface area contributed by atoms with Crippen molar-refractivity contribution in [3.63, 3.8) is 0 Å². The maximum atomic E-state index is 13.6. The summed E-state index contributed by atoms with van der Waals surface area (Å²) in [6.45, 7) is 9.84. The van der Waals surface area contributed by atoms with E-state index in [1.54, 1.807) is 49.6 Å². The number of anilines is 1. The number of ether oxygens (including phenoxy) is 2. The molecule has 4 rings (SSSR count). The maximum Gasteiger partial charge on any atom is 0.264 e. The van der Waals surface area contributed by atoms with Crippen LogP contribution in [0.15, 0.2) is 65.6 Å². The molecule has 0 fully saturated rings. The van der Waals surface area contributed by atoms with Gasteiger partial charge < -0.3 is 14.8 Å². The average Bonchev–Trinajstić information content (AvgIpc) is 2.87. The molecule has 1 aliphatic rings. The summed E-state index contributed by atoms with van der Waals surface area (Å²) in [5.74, 6) is 1.05. The third-order valence-corrected chi connectivity index (χ3v) is 8.47. The highest BCUT2D eigenvalue weighted by molar-refractivity contribution is 7.92. The van der Waals surface area contributed by atoms with Crippen LogP contribution in [0.25, 0.3) is 0 Å². The van der Waals surface area contributed by atoms with E-state index in [0.29, 0.717) is 11.4 Å². The molecule has 0 unspecified atom stereocenters. The maximum absolute atomic E-state index is 13.6. The van der Waals surface area contributed by atoms with Crippen LogP contribution in [0.5, 0.6) is 11.5 Å². The predicted octanol–water partition coefficient (Wildman–Crippen LogP) is 5.27. The fourth-order valence-electron chi connectivity index (χ4n) is 4.64. The normalized spacial score (nSPS) is 16.1. The van der Waals surface area contributed by atoms with E-state index in [-0.39, 0.29) is 29.3 Å². The molecular formula is C29H34N2O5S. The van der Waals surface area contributed by atoms with Crippen molar-refractivity contribution in [1.82, 2.24) is 5.32 Å². The fraction of sp³-hybridized carbons (Fsp3) is 0.345. The predicted molar refractivity (Wildman–Crippen MR) is 145 cm³/mol. The lowest BCUT2D eigenvalue weighted by Crippen LogP contribution is -2.51. The molecule has 0 saturated carbocycles. The summed E-state index contributed by atoms with van der Waals surface area (Å²) in [6, 6.07) is 17.3. The van der Waals surface area contributed by atoms with Crippen LogP contribution in [0.2, 0.25) is 0 Å². The number of methoxy groups -OCH3 is 1. The summed E-state index contributed by atoms with van der Waals surface area (Å²) >= 11 is 0. The second-order valence-corrected chi connectivity index (χ2v) is 11.6. The third-order valence-electron chi connectivity index (χ3n) is 6.67. The quantitative estimate of drug-likeness (QED) is 0.457. The molecular weight excluding hydrogens is 488 g/mol. The molecule has 0 radical (unpaired) electrons. The molecule has 0 aromatic heterocycles. The Balaban J connectivity index is 1.64. The molecule has 3 aromatic carbocycles. The Kier molecular flexibility index (Phi) is 7.50. The van der Waals surface area contributed by atoms with Crippen molar-refractivity contribution < 1.29 is 22.7 Å². The van der Waals surface area contributed by atoms with E-state index in [1.807, 2.05) is 32.9 Å². The monoisotopic (exact) mass is 522 g/mol. The highest BCUT2D eigenvalue weighted by Crippen LogP contribution is 2.38. The van der Waals surface area contributed by atoms with E-state index in [2.05, 4.69) is 25.2 Å². The van der Waals surface area contributed by atoms with Gasteiger partial charge in [-0.2, -0.15) is 0 Å². The molecule has 3 aromatic rings. The number of nitrogens with zero attached hydrogens (tertiary/aromatic N) is 1. The molecule has 0 spiro atoms. The summed E-state index contributed by atoms with van der Waals surface area (Å²) in [5.41, 5.74) is 4.34. The van der Waals surface area contributed by atoms with Gasteiger partial charge >= 0.3 is 0 Å². The van der Waals surface area contributed by atoms with Gasteiger partial charge in [-0.05, 0) is 85.3 Å². The number of hydrogen-bond donors (Lipinski definition) is 1. The number of carbonyl (C=O) groups is 1. The Morgan fingerprint density at radius 3 is 2.38 bits per heavy atom. The van der Waals surface area contributed by atoms with E-state index in [9.17, 15) is 13.2 Å². The molecule has 196 valence electrons. The van der Waals surface area contributed by atoms with Crippen molar-refractivity contribution >= 4 is 21.6 Å². The van der Waals surface area contributed by atoms with Crippen LogP contribution in [0.4, 0.5) is 5.69 Å². The standard InChI is InChI=1S/C29H34N2O5S/c1-18(2)23-16-24(20(4)15-26(23)35-6)21(5)30-29(32)28-17-31(25-13-12-19(3)14-27(25)36-28)37(33,34)22-10-8-7-9-11-22/h7-16,18,21,28H,17H2,1-6H3,(H,30,32)/t21-,28+/m1/s1. The van der Waals surface area contributed by atoms with Crippen LogP contribution in [-0.2, 0) is 14.8 Å². The van der Waals surface area contributed by atoms with Gasteiger partial charge in [0.1, 0.15) is 11.5 Å². The first-order chi connectivity index (χ1) is 17.5. The summed E-state index contributed by atoms with van der Waals surface area (Å²) in [4.78, 5) is 13.6. The van der Waals surface area contributed by atoms with Crippen molar-refractivity contribution in [2.45, 2.75) is 57.6 Å². The first-order valence-electron chi connectivity index (χ1n) is 12.4. The van der Waals surface area contributed by atoms with Crippen LogP contribution < -0.4 is 19.1 Å². The molecule has 37 heavy (non-hydrogen) atoms. The van der Waals surface area contributed by atoms with Crippen molar-refractivity contribution in [3.8, 4) is 11.5 Å². The Morgan fingerprint density at radius 2 is 1.73 bits per heavy atom. The number of aryl methyl sites for hydroxylation is 2. The van der Waals surface area contributed by atoms with Gasteiger partial charge in [0.05, 0.1) is 30.3 Å². The zero-order chi connectivity index (χ0) is 26.9. The van der Waals surface area contributed by atoms with Gasteiger partial charge in [-0.1, -0.05) is 38.1 Å². The minimum absolute atomic E-state index is 0.134. The number of rotatable bonds is 7. The topological polar surface area (TPSA) is 84.9 Å².